The molecular formula is C16H29N3O2. The number of carbonyl (C=O) groups excluding carboxylic acids is 1. The third-order valence-corrected chi connectivity index (χ3v) is 5.37. The van der Waals surface area contributed by atoms with Gasteiger partial charge in [-0.3, -0.25) is 4.79 Å². The molecule has 0 radical (unpaired) electrons. The molecule has 0 saturated heterocycles. The monoisotopic (exact) mass is 295 g/mol. The molecule has 21 heavy (non-hydrogen) atoms. The quantitative estimate of drug-likeness (QED) is 0.305. The van der Waals surface area contributed by atoms with Crippen molar-refractivity contribution in [3.8, 4) is 0 Å². The molecule has 0 bridgehead atoms. The first-order chi connectivity index (χ1) is 9.94. The van der Waals surface area contributed by atoms with Gasteiger partial charge in [0.05, 0.1) is 0 Å². The van der Waals surface area contributed by atoms with Crippen LogP contribution in [-0.2, 0) is 4.79 Å². The molecule has 0 aromatic rings. The van der Waals surface area contributed by atoms with Crippen LogP contribution in [-0.4, -0.2) is 23.5 Å². The highest BCUT2D eigenvalue weighted by Crippen LogP contribution is 2.44. The number of hydrogen-bond donors (Lipinski definition) is 3. The molecule has 0 atom stereocenters. The summed E-state index contributed by atoms with van der Waals surface area (Å²) in [6.07, 6.45) is 8.40. The first-order valence-electron chi connectivity index (χ1n) is 8.20. The molecule has 0 heterocycles. The Bertz CT molecular complexity index is 408. The van der Waals surface area contributed by atoms with Crippen LogP contribution in [0.5, 0.6) is 0 Å². The van der Waals surface area contributed by atoms with Crippen LogP contribution in [0.15, 0.2) is 5.16 Å². The Morgan fingerprint density at radius 1 is 1.24 bits per heavy atom. The van der Waals surface area contributed by atoms with Crippen LogP contribution < -0.4 is 11.1 Å². The fourth-order valence-electron chi connectivity index (χ4n) is 4.11. The predicted octanol–water partition coefficient (Wildman–Crippen LogP) is 2.63. The highest BCUT2D eigenvalue weighted by atomic mass is 16.4. The van der Waals surface area contributed by atoms with Gasteiger partial charge in [0.2, 0.25) is 5.91 Å². The summed E-state index contributed by atoms with van der Waals surface area (Å²) in [5.74, 6) is 0.649. The van der Waals surface area contributed by atoms with Crippen molar-refractivity contribution in [3.63, 3.8) is 0 Å². The lowest BCUT2D eigenvalue weighted by Gasteiger charge is -2.40. The van der Waals surface area contributed by atoms with Crippen molar-refractivity contribution in [1.82, 2.24) is 5.32 Å². The van der Waals surface area contributed by atoms with Crippen LogP contribution in [0.1, 0.15) is 65.2 Å². The van der Waals surface area contributed by atoms with E-state index in [-0.39, 0.29) is 17.2 Å². The summed E-state index contributed by atoms with van der Waals surface area (Å²) in [6.45, 7) is 5.21. The summed E-state index contributed by atoms with van der Waals surface area (Å²) in [5.41, 5.74) is 5.24. The van der Waals surface area contributed by atoms with Crippen LogP contribution in [0.2, 0.25) is 0 Å². The van der Waals surface area contributed by atoms with E-state index in [1.54, 1.807) is 0 Å². The van der Waals surface area contributed by atoms with Crippen molar-refractivity contribution in [3.05, 3.63) is 0 Å². The molecule has 2 aliphatic carbocycles. The van der Waals surface area contributed by atoms with Gasteiger partial charge in [0.25, 0.3) is 0 Å². The number of nitrogens with one attached hydrogen (secondary N) is 1. The lowest BCUT2D eigenvalue weighted by atomic mass is 9.67. The van der Waals surface area contributed by atoms with E-state index < -0.39 is 5.41 Å². The average molecular weight is 295 g/mol. The van der Waals surface area contributed by atoms with Gasteiger partial charge >= 0.3 is 0 Å². The van der Waals surface area contributed by atoms with E-state index in [0.717, 1.165) is 19.4 Å². The van der Waals surface area contributed by atoms with Gasteiger partial charge in [0, 0.05) is 6.54 Å². The predicted molar refractivity (Wildman–Crippen MR) is 83.1 cm³/mol. The lowest BCUT2D eigenvalue weighted by molar-refractivity contribution is -0.131. The van der Waals surface area contributed by atoms with Gasteiger partial charge in [0.15, 0.2) is 5.84 Å². The molecule has 0 unspecified atom stereocenters. The number of nitrogens with zero attached hydrogens (tertiary/aromatic N) is 1. The van der Waals surface area contributed by atoms with E-state index in [9.17, 15) is 4.79 Å². The number of amidine groups is 1. The molecule has 0 aromatic carbocycles. The van der Waals surface area contributed by atoms with Crippen molar-refractivity contribution in [2.75, 3.05) is 6.54 Å². The Labute approximate surface area is 127 Å². The largest absolute Gasteiger partial charge is 0.409 e. The molecule has 2 aliphatic rings. The highest BCUT2D eigenvalue weighted by Gasteiger charge is 2.49. The van der Waals surface area contributed by atoms with E-state index in [2.05, 4.69) is 24.3 Å². The summed E-state index contributed by atoms with van der Waals surface area (Å²) in [7, 11) is 0. The van der Waals surface area contributed by atoms with Crippen molar-refractivity contribution >= 4 is 11.7 Å². The minimum absolute atomic E-state index is 0.0564. The summed E-state index contributed by atoms with van der Waals surface area (Å²) in [4.78, 5) is 12.5. The fraction of sp³-hybridized carbons (Fsp3) is 0.875. The number of nitrogens with two attached hydrogens (primary N) is 1. The molecule has 4 N–H and O–H groups in total. The van der Waals surface area contributed by atoms with Crippen LogP contribution in [0.25, 0.3) is 0 Å². The smallest absolute Gasteiger partial charge is 0.233 e. The van der Waals surface area contributed by atoms with Crippen LogP contribution in [0.3, 0.4) is 0 Å². The molecule has 5 nitrogen and oxygen atoms in total. The van der Waals surface area contributed by atoms with E-state index in [1.807, 2.05) is 0 Å². The Balaban J connectivity index is 1.99. The van der Waals surface area contributed by atoms with Crippen molar-refractivity contribution in [2.45, 2.75) is 65.2 Å². The van der Waals surface area contributed by atoms with Crippen LogP contribution in [0.4, 0.5) is 0 Å². The Kier molecular flexibility index (Phi) is 4.79. The Morgan fingerprint density at radius 3 is 2.29 bits per heavy atom. The maximum Gasteiger partial charge on any atom is 0.233 e. The molecule has 2 saturated carbocycles. The molecule has 5 heteroatoms. The van der Waals surface area contributed by atoms with E-state index in [0.29, 0.717) is 18.8 Å². The summed E-state index contributed by atoms with van der Waals surface area (Å²) in [6, 6.07) is 0. The maximum atomic E-state index is 12.5. The van der Waals surface area contributed by atoms with Gasteiger partial charge in [-0.25, -0.2) is 0 Å². The summed E-state index contributed by atoms with van der Waals surface area (Å²) >= 11 is 0. The molecule has 2 fully saturated rings. The van der Waals surface area contributed by atoms with Gasteiger partial charge < -0.3 is 16.3 Å². The average Bonchev–Trinajstić information content (AvgIpc) is 2.83. The summed E-state index contributed by atoms with van der Waals surface area (Å²) < 4.78 is 0. The van der Waals surface area contributed by atoms with Gasteiger partial charge in [0.1, 0.15) is 5.41 Å². The molecule has 2 rings (SSSR count). The standard InChI is InChI=1S/C16H29N3O2/c1-12(2)10-15(6-3-4-7-15)11-18-14(20)16(8-5-9-16)13(17)19-21/h12,21H,3-11H2,1-2H3,(H2,17,19)(H,18,20). The maximum absolute atomic E-state index is 12.5. The minimum atomic E-state index is -0.758. The first-order valence-corrected chi connectivity index (χ1v) is 8.20. The van der Waals surface area contributed by atoms with Crippen molar-refractivity contribution < 1.29 is 10.0 Å². The zero-order valence-corrected chi connectivity index (χ0v) is 13.3. The van der Waals surface area contributed by atoms with Crippen molar-refractivity contribution in [1.29, 1.82) is 0 Å². The Morgan fingerprint density at radius 2 is 1.86 bits per heavy atom. The van der Waals surface area contributed by atoms with Gasteiger partial charge in [-0.2, -0.15) is 0 Å². The second kappa shape index (κ2) is 6.24. The Hall–Kier alpha value is -1.26. The van der Waals surface area contributed by atoms with Crippen LogP contribution in [0, 0.1) is 16.7 Å². The second-order valence-electron chi connectivity index (χ2n) is 7.41. The van der Waals surface area contributed by atoms with E-state index >= 15 is 0 Å². The molecule has 1 amide bonds. The molecule has 0 aliphatic heterocycles. The third-order valence-electron chi connectivity index (χ3n) is 5.37. The third kappa shape index (κ3) is 3.16. The molecule has 0 aromatic heterocycles. The van der Waals surface area contributed by atoms with E-state index in [1.165, 1.54) is 25.7 Å². The van der Waals surface area contributed by atoms with Gasteiger partial charge in [-0.05, 0) is 43.4 Å². The van der Waals surface area contributed by atoms with E-state index in [4.69, 9.17) is 10.9 Å². The molecule has 0 spiro atoms. The van der Waals surface area contributed by atoms with Gasteiger partial charge in [-0.15, -0.1) is 0 Å². The summed E-state index contributed by atoms with van der Waals surface area (Å²) in [5, 5.41) is 15.1. The normalized spacial score (nSPS) is 23.9. The SMILES string of the molecule is CC(C)CC1(CNC(=O)C2(C(N)=NO)CCC2)CCCC1. The second-order valence-corrected chi connectivity index (χ2v) is 7.41. The fourth-order valence-corrected chi connectivity index (χ4v) is 4.11. The minimum Gasteiger partial charge on any atom is -0.409 e. The van der Waals surface area contributed by atoms with Crippen LogP contribution >= 0.6 is 0 Å². The molecule has 120 valence electrons. The topological polar surface area (TPSA) is 87.7 Å². The number of rotatable bonds is 6. The number of carbonyl (C=O) groups is 1. The highest BCUT2D eigenvalue weighted by molar-refractivity contribution is 6.07. The number of amides is 1. The molecular weight excluding hydrogens is 266 g/mol. The van der Waals surface area contributed by atoms with Crippen molar-refractivity contribution in [2.24, 2.45) is 27.6 Å². The zero-order valence-electron chi connectivity index (χ0n) is 13.3. The van der Waals surface area contributed by atoms with Gasteiger partial charge in [-0.1, -0.05) is 38.3 Å². The number of oxime groups is 1. The zero-order chi connectivity index (χ0) is 15.5. The first kappa shape index (κ1) is 16.1. The number of hydrogen-bond acceptors (Lipinski definition) is 3. The lowest BCUT2D eigenvalue weighted by Crippen LogP contribution is -2.55.